The molecule has 0 radical (unpaired) electrons. The van der Waals surface area contributed by atoms with Crippen molar-refractivity contribution in [3.05, 3.63) is 69.7 Å². The van der Waals surface area contributed by atoms with Gasteiger partial charge >= 0.3 is 0 Å². The molecule has 2 heterocycles. The van der Waals surface area contributed by atoms with E-state index >= 15 is 0 Å². The Hall–Kier alpha value is -1.22. The average Bonchev–Trinajstić information content (AvgIpc) is 3.24. The predicted octanol–water partition coefficient (Wildman–Crippen LogP) is 7.89. The molecule has 0 nitrogen and oxygen atoms in total. The van der Waals surface area contributed by atoms with Crippen molar-refractivity contribution in [2.75, 3.05) is 0 Å². The highest BCUT2D eigenvalue weighted by molar-refractivity contribution is 7.64. The van der Waals surface area contributed by atoms with Crippen LogP contribution in [0.25, 0.3) is 10.6 Å². The molecule has 0 saturated heterocycles. The molecule has 126 valence electrons. The van der Waals surface area contributed by atoms with Gasteiger partial charge in [0, 0.05) is 10.6 Å². The fraction of sp³-hybridized carbons (Fsp3) is 0.364. The molecule has 24 heavy (non-hydrogen) atoms. The van der Waals surface area contributed by atoms with Crippen molar-refractivity contribution in [1.82, 2.24) is 0 Å². The van der Waals surface area contributed by atoms with Gasteiger partial charge in [0.2, 0.25) is 0 Å². The second-order valence-electron chi connectivity index (χ2n) is 6.21. The topological polar surface area (TPSA) is 0 Å². The highest BCUT2D eigenvalue weighted by atomic mass is 31.1. The smallest absolute Gasteiger partial charge is 0.00987 e. The summed E-state index contributed by atoms with van der Waals surface area (Å²) in [4.78, 5) is 0. The lowest BCUT2D eigenvalue weighted by Crippen LogP contribution is -1.82. The molecule has 0 aliphatic rings. The Balaban J connectivity index is 2.28. The van der Waals surface area contributed by atoms with Crippen molar-refractivity contribution < 1.29 is 0 Å². The van der Waals surface area contributed by atoms with Gasteiger partial charge in [0.1, 0.15) is 0 Å². The summed E-state index contributed by atoms with van der Waals surface area (Å²) >= 11 is 0. The van der Waals surface area contributed by atoms with Gasteiger partial charge in [0.25, 0.3) is 0 Å². The largest absolute Gasteiger partial charge is 0.0859 e. The van der Waals surface area contributed by atoms with Crippen molar-refractivity contribution in [3.8, 4) is 10.6 Å². The van der Waals surface area contributed by atoms with Gasteiger partial charge in [-0.3, -0.25) is 0 Å². The minimum Gasteiger partial charge on any atom is -0.0859 e. The molecule has 0 spiro atoms. The number of hydrogen-bond donors (Lipinski definition) is 0. The highest BCUT2D eigenvalue weighted by Gasteiger charge is 2.17. The van der Waals surface area contributed by atoms with E-state index in [1.165, 1.54) is 25.7 Å². The van der Waals surface area contributed by atoms with Crippen LogP contribution in [0.3, 0.4) is 0 Å². The Kier molecular flexibility index (Phi) is 5.70. The van der Waals surface area contributed by atoms with Crippen molar-refractivity contribution in [1.29, 1.82) is 0 Å². The van der Waals surface area contributed by atoms with Gasteiger partial charge in [0.15, 0.2) is 0 Å². The molecule has 0 unspecified atom stereocenters. The molecule has 0 saturated carbocycles. The monoisotopic (exact) mass is 354 g/mol. The van der Waals surface area contributed by atoms with Crippen LogP contribution in [0.1, 0.15) is 48.9 Å². The molecule has 0 aliphatic carbocycles. The summed E-state index contributed by atoms with van der Waals surface area (Å²) in [6.45, 7) is 9.25. The van der Waals surface area contributed by atoms with E-state index in [2.05, 4.69) is 76.2 Å². The molecule has 1 aromatic carbocycles. The summed E-state index contributed by atoms with van der Waals surface area (Å²) in [6.07, 6.45) is 4.69. The predicted molar refractivity (Wildman–Crippen MR) is 112 cm³/mol. The molecule has 2 heteroatoms. The molecule has 3 aromatic rings. The minimum atomic E-state index is -0.268. The van der Waals surface area contributed by atoms with Crippen LogP contribution in [0.4, 0.5) is 0 Å². The third kappa shape index (κ3) is 3.03. The molecular weight excluding hydrogens is 326 g/mol. The van der Waals surface area contributed by atoms with E-state index in [0.717, 1.165) is 0 Å². The van der Waals surface area contributed by atoms with Gasteiger partial charge in [-0.15, -0.1) is 0 Å². The minimum absolute atomic E-state index is 0.268. The Morgan fingerprint density at radius 2 is 0.792 bits per heavy atom. The van der Waals surface area contributed by atoms with Gasteiger partial charge in [-0.05, 0) is 59.0 Å². The maximum Gasteiger partial charge on any atom is 0.00987 e. The number of rotatable bonds is 6. The van der Waals surface area contributed by atoms with Crippen molar-refractivity contribution >= 4 is 15.1 Å². The van der Waals surface area contributed by atoms with Gasteiger partial charge < -0.3 is 0 Å². The Labute approximate surface area is 149 Å². The van der Waals surface area contributed by atoms with Crippen molar-refractivity contribution in [3.63, 3.8) is 0 Å². The van der Waals surface area contributed by atoms with E-state index in [1.54, 1.807) is 31.8 Å². The molecule has 3 rings (SSSR count). The third-order valence-corrected chi connectivity index (χ3v) is 11.0. The summed E-state index contributed by atoms with van der Waals surface area (Å²) in [5.74, 6) is 0. The summed E-state index contributed by atoms with van der Waals surface area (Å²) in [5, 5.41) is 9.83. The number of hydrogen-bond acceptors (Lipinski definition) is 0. The normalized spacial score (nSPS) is 11.2. The Morgan fingerprint density at radius 1 is 0.500 bits per heavy atom. The first-order valence-corrected chi connectivity index (χ1v) is 11.9. The van der Waals surface area contributed by atoms with Crippen LogP contribution in [-0.4, -0.2) is 0 Å². The first-order chi connectivity index (χ1) is 11.7. The van der Waals surface area contributed by atoms with E-state index in [-0.39, 0.29) is 15.1 Å². The zero-order valence-corrected chi connectivity index (χ0v) is 17.1. The lowest BCUT2D eigenvalue weighted by atomic mass is 10.3. The molecule has 0 amide bonds. The lowest BCUT2D eigenvalue weighted by molar-refractivity contribution is 1.18. The maximum atomic E-state index is 2.42. The molecule has 0 atom stereocenters. The zero-order chi connectivity index (χ0) is 17.1. The molecular formula is C22H28P2. The summed E-state index contributed by atoms with van der Waals surface area (Å²) < 4.78 is 0. The van der Waals surface area contributed by atoms with E-state index in [9.17, 15) is 0 Å². The lowest BCUT2D eigenvalue weighted by Gasteiger charge is -2.16. The quantitative estimate of drug-likeness (QED) is 0.422. The van der Waals surface area contributed by atoms with Crippen LogP contribution in [0, 0.1) is 0 Å². The second-order valence-corrected chi connectivity index (χ2v) is 10.8. The number of aryl methyl sites for hydroxylation is 4. The third-order valence-electron chi connectivity index (χ3n) is 4.90. The Bertz CT molecular complexity index is 708. The van der Waals surface area contributed by atoms with Crippen molar-refractivity contribution in [2.24, 2.45) is 0 Å². The second kappa shape index (κ2) is 7.77. The zero-order valence-electron chi connectivity index (χ0n) is 15.3. The van der Waals surface area contributed by atoms with Crippen LogP contribution < -0.4 is 0 Å². The first kappa shape index (κ1) is 17.6. The maximum absolute atomic E-state index is 2.42. The molecule has 0 aliphatic heterocycles. The molecule has 0 N–H and O–H groups in total. The van der Waals surface area contributed by atoms with E-state index in [0.29, 0.717) is 0 Å². The van der Waals surface area contributed by atoms with Crippen LogP contribution in [0.5, 0.6) is 0 Å². The van der Waals surface area contributed by atoms with E-state index < -0.39 is 0 Å². The number of benzene rings is 1. The highest BCUT2D eigenvalue weighted by Crippen LogP contribution is 2.59. The van der Waals surface area contributed by atoms with E-state index in [4.69, 9.17) is 0 Å². The van der Waals surface area contributed by atoms with E-state index in [1.807, 2.05) is 0 Å². The first-order valence-electron chi connectivity index (χ1n) is 9.23. The van der Waals surface area contributed by atoms with Gasteiger partial charge in [-0.2, -0.15) is 0 Å². The van der Waals surface area contributed by atoms with Gasteiger partial charge in [-0.1, -0.05) is 79.2 Å². The van der Waals surface area contributed by atoms with Crippen LogP contribution in [0.2, 0.25) is 0 Å². The fourth-order valence-corrected chi connectivity index (χ4v) is 9.43. The van der Waals surface area contributed by atoms with Crippen molar-refractivity contribution in [2.45, 2.75) is 53.4 Å². The average molecular weight is 354 g/mol. The van der Waals surface area contributed by atoms with Crippen LogP contribution >= 0.6 is 15.1 Å². The molecule has 0 bridgehead atoms. The Morgan fingerprint density at radius 3 is 1.04 bits per heavy atom. The molecule has 0 fully saturated rings. The summed E-state index contributed by atoms with van der Waals surface area (Å²) in [6, 6.07) is 18.9. The van der Waals surface area contributed by atoms with Gasteiger partial charge in [-0.25, -0.2) is 0 Å². The fourth-order valence-electron chi connectivity index (χ4n) is 3.62. The van der Waals surface area contributed by atoms with Gasteiger partial charge in [0.05, 0.1) is 0 Å². The van der Waals surface area contributed by atoms with Crippen LogP contribution in [0.15, 0.2) is 48.5 Å². The standard InChI is InChI=1S/C22H28P2/c1-5-17-13-14-18(6-2)23(17)21-11-9-10-12-22(21)24-19(7-3)15-16-20(24)8-4/h9-16H,5-8H2,1-4H3. The summed E-state index contributed by atoms with van der Waals surface area (Å²) in [7, 11) is -0.537. The summed E-state index contributed by atoms with van der Waals surface area (Å²) in [5.41, 5.74) is 0. The molecule has 2 aromatic heterocycles. The SMILES string of the molecule is CCc1ccc(CC)p1-c1ccccc1-p1c(CC)ccc1CC. The van der Waals surface area contributed by atoms with Crippen LogP contribution in [-0.2, 0) is 25.7 Å².